The molecule has 172 valence electrons. The lowest BCUT2D eigenvalue weighted by molar-refractivity contribution is -0.141. The van der Waals surface area contributed by atoms with E-state index in [-0.39, 0.29) is 30.8 Å². The minimum Gasteiger partial charge on any atom is -0.352 e. The van der Waals surface area contributed by atoms with Crippen molar-refractivity contribution in [3.63, 3.8) is 0 Å². The number of nitrogens with one attached hydrogen (secondary N) is 1. The van der Waals surface area contributed by atoms with Gasteiger partial charge < -0.3 is 10.2 Å². The van der Waals surface area contributed by atoms with Crippen LogP contribution in [-0.2, 0) is 22.6 Å². The zero-order chi connectivity index (χ0) is 23.3. The van der Waals surface area contributed by atoms with Crippen LogP contribution < -0.4 is 5.32 Å². The van der Waals surface area contributed by atoms with Gasteiger partial charge in [0.05, 0.1) is 6.42 Å². The van der Waals surface area contributed by atoms with Crippen molar-refractivity contribution in [1.82, 2.24) is 10.2 Å². The van der Waals surface area contributed by atoms with Gasteiger partial charge in [0, 0.05) is 22.6 Å². The van der Waals surface area contributed by atoms with E-state index in [1.807, 2.05) is 38.1 Å². The van der Waals surface area contributed by atoms with Gasteiger partial charge in [-0.05, 0) is 67.5 Å². The van der Waals surface area contributed by atoms with E-state index in [0.29, 0.717) is 16.5 Å². The Morgan fingerprint density at radius 2 is 1.78 bits per heavy atom. The molecule has 32 heavy (non-hydrogen) atoms. The van der Waals surface area contributed by atoms with Gasteiger partial charge in [0.1, 0.15) is 6.04 Å². The van der Waals surface area contributed by atoms with Crippen molar-refractivity contribution in [1.29, 1.82) is 0 Å². The van der Waals surface area contributed by atoms with Crippen LogP contribution >= 0.6 is 23.2 Å². The van der Waals surface area contributed by atoms with Crippen LogP contribution in [0.15, 0.2) is 36.4 Å². The number of nitrogens with zero attached hydrogens (tertiary/aromatic N) is 1. The molecule has 0 bridgehead atoms. The number of rotatable bonds is 8. The third-order valence-electron chi connectivity index (χ3n) is 6.37. The second-order valence-corrected chi connectivity index (χ2v) is 9.61. The molecule has 2 amide bonds. The van der Waals surface area contributed by atoms with E-state index in [0.717, 1.165) is 42.4 Å². The number of amides is 2. The molecule has 0 spiro atoms. The highest BCUT2D eigenvalue weighted by molar-refractivity contribution is 6.35. The Labute approximate surface area is 201 Å². The van der Waals surface area contributed by atoms with Gasteiger partial charge in [0.2, 0.25) is 11.8 Å². The van der Waals surface area contributed by atoms with Crippen LogP contribution in [0.2, 0.25) is 10.0 Å². The molecule has 1 fully saturated rings. The Balaban J connectivity index is 1.86. The summed E-state index contributed by atoms with van der Waals surface area (Å²) in [5, 5.41) is 4.20. The maximum absolute atomic E-state index is 13.5. The predicted molar refractivity (Wildman–Crippen MR) is 131 cm³/mol. The van der Waals surface area contributed by atoms with Crippen molar-refractivity contribution in [2.45, 2.75) is 77.9 Å². The molecule has 0 aliphatic heterocycles. The summed E-state index contributed by atoms with van der Waals surface area (Å²) < 4.78 is 0. The summed E-state index contributed by atoms with van der Waals surface area (Å²) in [6.07, 6.45) is 5.04. The standard InChI is InChI=1S/C26H32Cl2N2O2/c1-4-24(26(32)29-22-7-5-6-8-22)30(16-20-11-12-21(27)15-23(20)28)25(31)14-19-10-9-17(2)18(3)13-19/h9-13,15,22,24H,4-8,14,16H2,1-3H3,(H,29,32)/t24-/m1/s1. The zero-order valence-corrected chi connectivity index (χ0v) is 20.6. The first-order valence-corrected chi connectivity index (χ1v) is 12.1. The van der Waals surface area contributed by atoms with E-state index < -0.39 is 6.04 Å². The molecule has 3 rings (SSSR count). The number of carbonyl (C=O) groups excluding carboxylic acids is 2. The van der Waals surface area contributed by atoms with Crippen LogP contribution in [0.5, 0.6) is 0 Å². The molecule has 0 radical (unpaired) electrons. The minimum atomic E-state index is -0.554. The maximum Gasteiger partial charge on any atom is 0.243 e. The molecule has 4 nitrogen and oxygen atoms in total. The van der Waals surface area contributed by atoms with Crippen LogP contribution in [0.1, 0.15) is 61.3 Å². The summed E-state index contributed by atoms with van der Waals surface area (Å²) >= 11 is 12.5. The second-order valence-electron chi connectivity index (χ2n) is 8.77. The Bertz CT molecular complexity index is 970. The first-order chi connectivity index (χ1) is 15.3. The summed E-state index contributed by atoms with van der Waals surface area (Å²) in [7, 11) is 0. The fraction of sp³-hybridized carbons (Fsp3) is 0.462. The van der Waals surface area contributed by atoms with Crippen LogP contribution in [-0.4, -0.2) is 28.8 Å². The first-order valence-electron chi connectivity index (χ1n) is 11.4. The van der Waals surface area contributed by atoms with E-state index in [4.69, 9.17) is 23.2 Å². The molecule has 1 aliphatic carbocycles. The number of halogens is 2. The fourth-order valence-electron chi connectivity index (χ4n) is 4.31. The first kappa shape index (κ1) is 24.6. The van der Waals surface area contributed by atoms with Crippen molar-refractivity contribution in [2.75, 3.05) is 0 Å². The topological polar surface area (TPSA) is 49.4 Å². The molecular weight excluding hydrogens is 443 g/mol. The molecule has 0 heterocycles. The highest BCUT2D eigenvalue weighted by Gasteiger charge is 2.31. The van der Waals surface area contributed by atoms with E-state index in [1.165, 1.54) is 5.56 Å². The molecule has 1 aliphatic rings. The van der Waals surface area contributed by atoms with Crippen molar-refractivity contribution >= 4 is 35.0 Å². The fourth-order valence-corrected chi connectivity index (χ4v) is 4.78. The lowest BCUT2D eigenvalue weighted by Crippen LogP contribution is -2.51. The van der Waals surface area contributed by atoms with Crippen LogP contribution in [0.4, 0.5) is 0 Å². The molecular formula is C26H32Cl2N2O2. The Morgan fingerprint density at radius 3 is 2.41 bits per heavy atom. The van der Waals surface area contributed by atoms with Crippen LogP contribution in [0, 0.1) is 13.8 Å². The van der Waals surface area contributed by atoms with Crippen molar-refractivity contribution in [3.05, 3.63) is 68.7 Å². The van der Waals surface area contributed by atoms with Gasteiger partial charge in [-0.15, -0.1) is 0 Å². The average Bonchev–Trinajstić information content (AvgIpc) is 3.25. The van der Waals surface area contributed by atoms with E-state index in [9.17, 15) is 9.59 Å². The number of carbonyl (C=O) groups is 2. The average molecular weight is 475 g/mol. The number of aryl methyl sites for hydroxylation is 2. The van der Waals surface area contributed by atoms with Gasteiger partial charge in [0.15, 0.2) is 0 Å². The van der Waals surface area contributed by atoms with Gasteiger partial charge in [-0.3, -0.25) is 9.59 Å². The van der Waals surface area contributed by atoms with Gasteiger partial charge in [0.25, 0.3) is 0 Å². The van der Waals surface area contributed by atoms with Crippen molar-refractivity contribution in [3.8, 4) is 0 Å². The summed E-state index contributed by atoms with van der Waals surface area (Å²) in [6, 6.07) is 10.9. The molecule has 1 saturated carbocycles. The second kappa shape index (κ2) is 11.2. The van der Waals surface area contributed by atoms with Crippen LogP contribution in [0.3, 0.4) is 0 Å². The highest BCUT2D eigenvalue weighted by atomic mass is 35.5. The minimum absolute atomic E-state index is 0.0853. The molecule has 1 atom stereocenters. The van der Waals surface area contributed by atoms with Crippen molar-refractivity contribution in [2.24, 2.45) is 0 Å². The van der Waals surface area contributed by atoms with Gasteiger partial charge in [-0.2, -0.15) is 0 Å². The molecule has 0 aromatic heterocycles. The monoisotopic (exact) mass is 474 g/mol. The van der Waals surface area contributed by atoms with E-state index >= 15 is 0 Å². The predicted octanol–water partition coefficient (Wildman–Crippen LogP) is 6.02. The lowest BCUT2D eigenvalue weighted by atomic mass is 10.0. The number of hydrogen-bond donors (Lipinski definition) is 1. The Morgan fingerprint density at radius 1 is 1.06 bits per heavy atom. The summed E-state index contributed by atoms with van der Waals surface area (Å²) in [5.41, 5.74) is 4.05. The SMILES string of the molecule is CC[C@H](C(=O)NC1CCCC1)N(Cc1ccc(Cl)cc1Cl)C(=O)Cc1ccc(C)c(C)c1. The molecule has 6 heteroatoms. The van der Waals surface area contributed by atoms with Gasteiger partial charge in [-0.25, -0.2) is 0 Å². The molecule has 1 N–H and O–H groups in total. The number of hydrogen-bond acceptors (Lipinski definition) is 2. The Kier molecular flexibility index (Phi) is 8.61. The van der Waals surface area contributed by atoms with Gasteiger partial charge in [-0.1, -0.05) is 67.2 Å². The third kappa shape index (κ3) is 6.26. The Hall–Kier alpha value is -2.04. The smallest absolute Gasteiger partial charge is 0.243 e. The quantitative estimate of drug-likeness (QED) is 0.508. The van der Waals surface area contributed by atoms with Crippen LogP contribution in [0.25, 0.3) is 0 Å². The molecule has 2 aromatic rings. The highest BCUT2D eigenvalue weighted by Crippen LogP contribution is 2.25. The summed E-state index contributed by atoms with van der Waals surface area (Å²) in [5.74, 6) is -0.175. The lowest BCUT2D eigenvalue weighted by Gasteiger charge is -2.32. The van der Waals surface area contributed by atoms with Crippen molar-refractivity contribution < 1.29 is 9.59 Å². The maximum atomic E-state index is 13.5. The summed E-state index contributed by atoms with van der Waals surface area (Å²) in [6.45, 7) is 6.30. The zero-order valence-electron chi connectivity index (χ0n) is 19.1. The molecule has 0 unspecified atom stereocenters. The van der Waals surface area contributed by atoms with Gasteiger partial charge >= 0.3 is 0 Å². The molecule has 0 saturated heterocycles. The summed E-state index contributed by atoms with van der Waals surface area (Å²) in [4.78, 5) is 28.4. The number of benzene rings is 2. The van der Waals surface area contributed by atoms with E-state index in [2.05, 4.69) is 12.2 Å². The largest absolute Gasteiger partial charge is 0.352 e. The normalized spacial score (nSPS) is 14.9. The molecule has 2 aromatic carbocycles. The third-order valence-corrected chi connectivity index (χ3v) is 6.96. The van der Waals surface area contributed by atoms with E-state index in [1.54, 1.807) is 17.0 Å².